The van der Waals surface area contributed by atoms with Gasteiger partial charge in [0.25, 0.3) is 0 Å². The van der Waals surface area contributed by atoms with Crippen LogP contribution in [0.5, 0.6) is 5.75 Å². The summed E-state index contributed by atoms with van der Waals surface area (Å²) in [5, 5.41) is 9.56. The van der Waals surface area contributed by atoms with E-state index < -0.39 is 0 Å². The third-order valence-electron chi connectivity index (χ3n) is 4.93. The molecule has 0 aliphatic carbocycles. The summed E-state index contributed by atoms with van der Waals surface area (Å²) >= 11 is 0. The fraction of sp³-hybridized carbons (Fsp3) is 0.227. The number of methoxy groups -OCH3 is 1. The first-order valence-electron chi connectivity index (χ1n) is 9.25. The Bertz CT molecular complexity index is 974. The number of aromatic nitrogens is 2. The molecule has 0 unspecified atom stereocenters. The molecule has 0 spiro atoms. The Hall–Kier alpha value is -3.59. The van der Waals surface area contributed by atoms with Crippen molar-refractivity contribution in [3.8, 4) is 23.1 Å². The third kappa shape index (κ3) is 3.60. The number of benzene rings is 1. The van der Waals surface area contributed by atoms with Gasteiger partial charge in [-0.05, 0) is 48.5 Å². The minimum Gasteiger partial charge on any atom is -0.497 e. The molecule has 0 atom stereocenters. The van der Waals surface area contributed by atoms with Crippen LogP contribution in [-0.2, 0) is 0 Å². The molecule has 3 heterocycles. The average Bonchev–Trinajstić information content (AvgIpc) is 2.79. The molecule has 1 aromatic carbocycles. The van der Waals surface area contributed by atoms with Gasteiger partial charge >= 0.3 is 0 Å². The highest BCUT2D eigenvalue weighted by Crippen LogP contribution is 2.27. The summed E-state index contributed by atoms with van der Waals surface area (Å²) in [6.07, 6.45) is 1.81. The number of hydrogen-bond acceptors (Lipinski definition) is 6. The van der Waals surface area contributed by atoms with Gasteiger partial charge < -0.3 is 14.5 Å². The Morgan fingerprint density at radius 3 is 2.32 bits per heavy atom. The van der Waals surface area contributed by atoms with Crippen molar-refractivity contribution in [2.75, 3.05) is 43.1 Å². The van der Waals surface area contributed by atoms with E-state index in [1.54, 1.807) is 7.11 Å². The highest BCUT2D eigenvalue weighted by Gasteiger charge is 2.21. The molecule has 6 heteroatoms. The standard InChI is InChI=1S/C22H21N5O/c1-28-19-8-5-17(6-9-19)20-10-7-18(16-23)22(25-20)27-14-12-26(13-15-27)21-4-2-3-11-24-21/h2-11H,12-15H2,1H3. The van der Waals surface area contributed by atoms with Crippen LogP contribution < -0.4 is 14.5 Å². The maximum atomic E-state index is 9.56. The van der Waals surface area contributed by atoms with Crippen molar-refractivity contribution < 1.29 is 4.74 Å². The summed E-state index contributed by atoms with van der Waals surface area (Å²) in [7, 11) is 1.65. The number of pyridine rings is 2. The summed E-state index contributed by atoms with van der Waals surface area (Å²) in [4.78, 5) is 13.7. The lowest BCUT2D eigenvalue weighted by molar-refractivity contribution is 0.415. The van der Waals surface area contributed by atoms with E-state index in [-0.39, 0.29) is 0 Å². The van der Waals surface area contributed by atoms with Gasteiger partial charge in [-0.2, -0.15) is 5.26 Å². The molecule has 1 saturated heterocycles. The molecule has 0 N–H and O–H groups in total. The molecule has 1 aliphatic rings. The molecule has 0 amide bonds. The van der Waals surface area contributed by atoms with Crippen LogP contribution in [-0.4, -0.2) is 43.3 Å². The van der Waals surface area contributed by atoms with E-state index in [0.717, 1.165) is 54.8 Å². The van der Waals surface area contributed by atoms with Crippen molar-refractivity contribution in [3.63, 3.8) is 0 Å². The van der Waals surface area contributed by atoms with Crippen LogP contribution in [0.15, 0.2) is 60.8 Å². The molecule has 0 bridgehead atoms. The average molecular weight is 371 g/mol. The summed E-state index contributed by atoms with van der Waals surface area (Å²) < 4.78 is 5.23. The molecule has 0 radical (unpaired) electrons. The Kier molecular flexibility index (Phi) is 5.07. The zero-order valence-electron chi connectivity index (χ0n) is 15.7. The van der Waals surface area contributed by atoms with Crippen molar-refractivity contribution in [2.24, 2.45) is 0 Å². The van der Waals surface area contributed by atoms with E-state index in [1.807, 2.05) is 60.8 Å². The van der Waals surface area contributed by atoms with Gasteiger partial charge in [0.05, 0.1) is 18.4 Å². The third-order valence-corrected chi connectivity index (χ3v) is 4.93. The normalized spacial score (nSPS) is 13.9. The molecule has 4 rings (SSSR count). The van der Waals surface area contributed by atoms with Crippen molar-refractivity contribution >= 4 is 11.6 Å². The maximum absolute atomic E-state index is 9.56. The zero-order valence-corrected chi connectivity index (χ0v) is 15.7. The quantitative estimate of drug-likeness (QED) is 0.701. The van der Waals surface area contributed by atoms with E-state index in [2.05, 4.69) is 20.9 Å². The predicted octanol–water partition coefficient (Wildman–Crippen LogP) is 3.35. The smallest absolute Gasteiger partial charge is 0.147 e. The van der Waals surface area contributed by atoms with Gasteiger partial charge in [-0.3, -0.25) is 0 Å². The van der Waals surface area contributed by atoms with Crippen molar-refractivity contribution in [2.45, 2.75) is 0 Å². The van der Waals surface area contributed by atoms with Gasteiger partial charge in [0.1, 0.15) is 23.5 Å². The van der Waals surface area contributed by atoms with Gasteiger partial charge in [0.2, 0.25) is 0 Å². The van der Waals surface area contributed by atoms with Crippen LogP contribution in [0, 0.1) is 11.3 Å². The van der Waals surface area contributed by atoms with Gasteiger partial charge in [-0.25, -0.2) is 9.97 Å². The Morgan fingerprint density at radius 1 is 0.929 bits per heavy atom. The lowest BCUT2D eigenvalue weighted by Crippen LogP contribution is -2.47. The fourth-order valence-corrected chi connectivity index (χ4v) is 3.39. The molecule has 140 valence electrons. The molecule has 1 aliphatic heterocycles. The first kappa shape index (κ1) is 17.8. The van der Waals surface area contributed by atoms with Gasteiger partial charge in [-0.15, -0.1) is 0 Å². The van der Waals surface area contributed by atoms with Crippen molar-refractivity contribution in [3.05, 3.63) is 66.4 Å². The molecule has 2 aromatic heterocycles. The molecule has 28 heavy (non-hydrogen) atoms. The number of hydrogen-bond donors (Lipinski definition) is 0. The Balaban J connectivity index is 1.56. The summed E-state index contributed by atoms with van der Waals surface area (Å²) in [6, 6.07) is 19.8. The summed E-state index contributed by atoms with van der Waals surface area (Å²) in [5.41, 5.74) is 2.45. The van der Waals surface area contributed by atoms with Crippen LogP contribution in [0.4, 0.5) is 11.6 Å². The van der Waals surface area contributed by atoms with Crippen molar-refractivity contribution in [1.82, 2.24) is 9.97 Å². The molecule has 0 saturated carbocycles. The topological polar surface area (TPSA) is 65.3 Å². The van der Waals surface area contributed by atoms with Gasteiger partial charge in [-0.1, -0.05) is 6.07 Å². The van der Waals surface area contributed by atoms with Gasteiger partial charge in [0, 0.05) is 37.9 Å². The number of ether oxygens (including phenoxy) is 1. The lowest BCUT2D eigenvalue weighted by Gasteiger charge is -2.36. The maximum Gasteiger partial charge on any atom is 0.147 e. The molecule has 3 aromatic rings. The van der Waals surface area contributed by atoms with Crippen LogP contribution in [0.3, 0.4) is 0 Å². The van der Waals surface area contributed by atoms with E-state index >= 15 is 0 Å². The molecular weight excluding hydrogens is 350 g/mol. The first-order chi connectivity index (χ1) is 13.8. The van der Waals surface area contributed by atoms with Crippen LogP contribution in [0.25, 0.3) is 11.3 Å². The molecule has 1 fully saturated rings. The highest BCUT2D eigenvalue weighted by atomic mass is 16.5. The van der Waals surface area contributed by atoms with E-state index in [0.29, 0.717) is 5.56 Å². The number of nitrogens with zero attached hydrogens (tertiary/aromatic N) is 5. The first-order valence-corrected chi connectivity index (χ1v) is 9.25. The summed E-state index contributed by atoms with van der Waals surface area (Å²) in [6.45, 7) is 3.28. The number of rotatable bonds is 4. The minimum absolute atomic E-state index is 0.601. The Labute approximate surface area is 164 Å². The second kappa shape index (κ2) is 7.97. The lowest BCUT2D eigenvalue weighted by atomic mass is 10.1. The highest BCUT2D eigenvalue weighted by molar-refractivity contribution is 5.66. The minimum atomic E-state index is 0.601. The monoisotopic (exact) mass is 371 g/mol. The van der Waals surface area contributed by atoms with E-state index in [1.165, 1.54) is 0 Å². The van der Waals surface area contributed by atoms with Crippen LogP contribution >= 0.6 is 0 Å². The van der Waals surface area contributed by atoms with Gasteiger partial charge in [0.15, 0.2) is 0 Å². The van der Waals surface area contributed by atoms with Crippen molar-refractivity contribution in [1.29, 1.82) is 5.26 Å². The molecular formula is C22H21N5O. The summed E-state index contributed by atoms with van der Waals surface area (Å²) in [5.74, 6) is 2.54. The van der Waals surface area contributed by atoms with Crippen LogP contribution in [0.2, 0.25) is 0 Å². The number of nitriles is 1. The zero-order chi connectivity index (χ0) is 19.3. The van der Waals surface area contributed by atoms with E-state index in [9.17, 15) is 5.26 Å². The van der Waals surface area contributed by atoms with Crippen LogP contribution in [0.1, 0.15) is 5.56 Å². The largest absolute Gasteiger partial charge is 0.497 e. The number of piperazine rings is 1. The Morgan fingerprint density at radius 2 is 1.68 bits per heavy atom. The second-order valence-corrected chi connectivity index (χ2v) is 6.57. The fourth-order valence-electron chi connectivity index (χ4n) is 3.39. The molecule has 6 nitrogen and oxygen atoms in total. The predicted molar refractivity (Wildman–Crippen MR) is 110 cm³/mol. The number of anilines is 2. The SMILES string of the molecule is COc1ccc(-c2ccc(C#N)c(N3CCN(c4ccccn4)CC3)n2)cc1. The second-order valence-electron chi connectivity index (χ2n) is 6.57. The van der Waals surface area contributed by atoms with E-state index in [4.69, 9.17) is 9.72 Å².